The molecule has 0 radical (unpaired) electrons. The highest BCUT2D eigenvalue weighted by molar-refractivity contribution is 7.59. The Balaban J connectivity index is 0. The van der Waals surface area contributed by atoms with Crippen LogP contribution < -0.4 is 0 Å². The molecule has 0 unspecified atom stereocenters. The number of hydrogen-bond donors (Lipinski definition) is 0. The fourth-order valence-corrected chi connectivity index (χ4v) is 0.171. The van der Waals surface area contributed by atoms with Gasteiger partial charge >= 0.3 is 5.91 Å². The summed E-state index contributed by atoms with van der Waals surface area (Å²) in [6.07, 6.45) is 1.06. The van der Waals surface area contributed by atoms with E-state index in [1.165, 1.54) is 0 Å². The molecule has 0 N–H and O–H groups in total. The zero-order chi connectivity index (χ0) is 4.41. The normalized spacial score (nSPS) is 12.8. The summed E-state index contributed by atoms with van der Waals surface area (Å²) in [5.74, 6) is -0.380. The summed E-state index contributed by atoms with van der Waals surface area (Å²) in [5, 5.41) is 9.16. The quantitative estimate of drug-likeness (QED) is 0.487. The summed E-state index contributed by atoms with van der Waals surface area (Å²) in [6.45, 7) is 0. The smallest absolute Gasteiger partial charge is 0.264 e. The number of rotatable bonds is 0. The van der Waals surface area contributed by atoms with Crippen LogP contribution in [0.4, 0.5) is 0 Å². The van der Waals surface area contributed by atoms with Crippen molar-refractivity contribution < 1.29 is 4.79 Å². The maximum Gasteiger partial charge on any atom is 0.310 e. The van der Waals surface area contributed by atoms with E-state index in [1.807, 2.05) is 0 Å². The van der Waals surface area contributed by atoms with Gasteiger partial charge < -0.3 is 0 Å². The SMILES string of the molecule is O=C1C=NN=N1.S.S. The molecule has 6 heteroatoms. The van der Waals surface area contributed by atoms with Gasteiger partial charge in [-0.3, -0.25) is 4.79 Å². The van der Waals surface area contributed by atoms with Crippen molar-refractivity contribution in [3.8, 4) is 0 Å². The molecule has 0 saturated carbocycles. The van der Waals surface area contributed by atoms with Gasteiger partial charge in [0, 0.05) is 0 Å². The standard InChI is InChI=1S/C2HN3O.2H2S/c6-2-1-3-5-4-2;;/h1H;2*1H2. The molecule has 0 bridgehead atoms. The van der Waals surface area contributed by atoms with E-state index in [1.54, 1.807) is 0 Å². The van der Waals surface area contributed by atoms with Gasteiger partial charge in [0.25, 0.3) is 0 Å². The first kappa shape index (κ1) is 10.6. The minimum absolute atomic E-state index is 0. The molecule has 1 aliphatic rings. The molecule has 0 spiro atoms. The van der Waals surface area contributed by atoms with Crippen LogP contribution in [0.3, 0.4) is 0 Å². The molecule has 0 aromatic rings. The number of amides is 1. The maximum absolute atomic E-state index is 9.83. The topological polar surface area (TPSA) is 54.1 Å². The predicted molar refractivity (Wildman–Crippen MR) is 39.1 cm³/mol. The molecular formula is C2H5N3OS2. The summed E-state index contributed by atoms with van der Waals surface area (Å²) >= 11 is 0. The molecule has 0 aromatic carbocycles. The van der Waals surface area contributed by atoms with Crippen molar-refractivity contribution in [1.82, 2.24) is 0 Å². The molecule has 0 saturated heterocycles. The Bertz CT molecular complexity index is 117. The van der Waals surface area contributed by atoms with Crippen LogP contribution in [0.25, 0.3) is 0 Å². The minimum atomic E-state index is -0.380. The Labute approximate surface area is 60.0 Å². The minimum Gasteiger partial charge on any atom is -0.264 e. The zero-order valence-corrected chi connectivity index (χ0v) is 5.83. The molecule has 8 heavy (non-hydrogen) atoms. The molecule has 1 amide bonds. The molecule has 1 rings (SSSR count). The largest absolute Gasteiger partial charge is 0.310 e. The Morgan fingerprint density at radius 3 is 2.12 bits per heavy atom. The summed E-state index contributed by atoms with van der Waals surface area (Å²) in [4.78, 5) is 9.83. The Hall–Kier alpha value is -0.360. The van der Waals surface area contributed by atoms with E-state index in [0.717, 1.165) is 6.21 Å². The van der Waals surface area contributed by atoms with Gasteiger partial charge in [0.15, 0.2) is 0 Å². The first-order valence-corrected chi connectivity index (χ1v) is 1.37. The third kappa shape index (κ3) is 2.75. The lowest BCUT2D eigenvalue weighted by atomic mass is 10.7. The third-order valence-electron chi connectivity index (χ3n) is 0.363. The summed E-state index contributed by atoms with van der Waals surface area (Å²) in [7, 11) is 0. The monoisotopic (exact) mass is 151 g/mol. The first-order chi connectivity index (χ1) is 2.89. The second-order valence-corrected chi connectivity index (χ2v) is 0.772. The van der Waals surface area contributed by atoms with Crippen LogP contribution in [0.15, 0.2) is 15.4 Å². The van der Waals surface area contributed by atoms with Crippen LogP contribution in [0.2, 0.25) is 0 Å². The van der Waals surface area contributed by atoms with Crippen molar-refractivity contribution in [2.24, 2.45) is 15.4 Å². The van der Waals surface area contributed by atoms with Crippen molar-refractivity contribution in [3.63, 3.8) is 0 Å². The van der Waals surface area contributed by atoms with E-state index in [0.29, 0.717) is 0 Å². The first-order valence-electron chi connectivity index (χ1n) is 1.37. The van der Waals surface area contributed by atoms with Crippen LogP contribution in [0.5, 0.6) is 0 Å². The van der Waals surface area contributed by atoms with E-state index < -0.39 is 0 Å². The number of carbonyl (C=O) groups is 1. The highest BCUT2D eigenvalue weighted by atomic mass is 32.1. The molecular weight excluding hydrogens is 146 g/mol. The lowest BCUT2D eigenvalue weighted by molar-refractivity contribution is -0.111. The highest BCUT2D eigenvalue weighted by Gasteiger charge is 1.94. The van der Waals surface area contributed by atoms with Crippen LogP contribution >= 0.6 is 27.0 Å². The second kappa shape index (κ2) is 4.79. The summed E-state index contributed by atoms with van der Waals surface area (Å²) < 4.78 is 0. The van der Waals surface area contributed by atoms with Crippen LogP contribution in [-0.2, 0) is 4.79 Å². The van der Waals surface area contributed by atoms with E-state index in [-0.39, 0.29) is 32.9 Å². The fourth-order valence-electron chi connectivity index (χ4n) is 0.171. The Morgan fingerprint density at radius 2 is 2.00 bits per heavy atom. The molecule has 0 aromatic heterocycles. The zero-order valence-electron chi connectivity index (χ0n) is 3.83. The Morgan fingerprint density at radius 1 is 1.38 bits per heavy atom. The van der Waals surface area contributed by atoms with Crippen molar-refractivity contribution >= 4 is 39.1 Å². The number of hydrogen-bond acceptors (Lipinski definition) is 3. The van der Waals surface area contributed by atoms with Crippen molar-refractivity contribution in [1.29, 1.82) is 0 Å². The number of nitrogens with zero attached hydrogens (tertiary/aromatic N) is 3. The van der Waals surface area contributed by atoms with Crippen LogP contribution in [0, 0.1) is 0 Å². The van der Waals surface area contributed by atoms with Crippen molar-refractivity contribution in [2.75, 3.05) is 0 Å². The van der Waals surface area contributed by atoms with Gasteiger partial charge in [-0.05, 0) is 5.22 Å². The lowest BCUT2D eigenvalue weighted by Gasteiger charge is -1.55. The highest BCUT2D eigenvalue weighted by Crippen LogP contribution is 1.83. The molecule has 1 heterocycles. The van der Waals surface area contributed by atoms with E-state index in [4.69, 9.17) is 0 Å². The maximum atomic E-state index is 9.83. The molecule has 46 valence electrons. The van der Waals surface area contributed by atoms with Gasteiger partial charge in [-0.15, -0.1) is 5.10 Å². The summed E-state index contributed by atoms with van der Waals surface area (Å²) in [5.41, 5.74) is 0. The van der Waals surface area contributed by atoms with Crippen LogP contribution in [-0.4, -0.2) is 12.1 Å². The van der Waals surface area contributed by atoms with Crippen molar-refractivity contribution in [3.05, 3.63) is 0 Å². The van der Waals surface area contributed by atoms with Gasteiger partial charge in [-0.2, -0.15) is 27.0 Å². The van der Waals surface area contributed by atoms with Gasteiger partial charge in [0.2, 0.25) is 0 Å². The second-order valence-electron chi connectivity index (χ2n) is 0.772. The van der Waals surface area contributed by atoms with Crippen LogP contribution in [0.1, 0.15) is 0 Å². The van der Waals surface area contributed by atoms with Crippen molar-refractivity contribution in [2.45, 2.75) is 0 Å². The van der Waals surface area contributed by atoms with Gasteiger partial charge in [-0.25, -0.2) is 0 Å². The summed E-state index contributed by atoms with van der Waals surface area (Å²) in [6, 6.07) is 0. The number of carbonyl (C=O) groups excluding carboxylic acids is 1. The average molecular weight is 151 g/mol. The molecule has 0 atom stereocenters. The lowest BCUT2D eigenvalue weighted by Crippen LogP contribution is -1.84. The molecule has 0 fully saturated rings. The third-order valence-corrected chi connectivity index (χ3v) is 0.363. The van der Waals surface area contributed by atoms with E-state index in [9.17, 15) is 4.79 Å². The van der Waals surface area contributed by atoms with E-state index in [2.05, 4.69) is 15.4 Å². The van der Waals surface area contributed by atoms with E-state index >= 15 is 0 Å². The molecule has 0 aliphatic carbocycles. The van der Waals surface area contributed by atoms with Gasteiger partial charge in [-0.1, -0.05) is 5.11 Å². The molecule has 1 aliphatic heterocycles. The fraction of sp³-hybridized carbons (Fsp3) is 0. The average Bonchev–Trinajstić information content (AvgIpc) is 1.86. The predicted octanol–water partition coefficient (Wildman–Crippen LogP) is 0.190. The molecule has 4 nitrogen and oxygen atoms in total. The van der Waals surface area contributed by atoms with Gasteiger partial charge in [0.05, 0.1) is 0 Å². The van der Waals surface area contributed by atoms with Gasteiger partial charge in [0.1, 0.15) is 6.21 Å². The Kier molecular flexibility index (Phi) is 6.34.